The summed E-state index contributed by atoms with van der Waals surface area (Å²) in [6.45, 7) is 5.17. The molecule has 0 spiro atoms. The minimum absolute atomic E-state index is 0.239. The summed E-state index contributed by atoms with van der Waals surface area (Å²) >= 11 is 0. The molecule has 0 unspecified atom stereocenters. The number of carbonyl (C=O) groups excluding carboxylic acids is 3. The average Bonchev–Trinajstić information content (AvgIpc) is 2.63. The normalized spacial score (nSPS) is 19.0. The van der Waals surface area contributed by atoms with Crippen molar-refractivity contribution in [3.05, 3.63) is 35.9 Å². The monoisotopic (exact) mass is 289 g/mol. The Kier molecular flexibility index (Phi) is 4.11. The molecule has 0 aromatic heterocycles. The lowest BCUT2D eigenvalue weighted by Crippen LogP contribution is -2.44. The van der Waals surface area contributed by atoms with Gasteiger partial charge < -0.3 is 4.74 Å². The summed E-state index contributed by atoms with van der Waals surface area (Å²) in [5, 5.41) is 0. The van der Waals surface area contributed by atoms with Crippen LogP contribution in [0.5, 0.6) is 0 Å². The molecule has 0 bridgehead atoms. The van der Waals surface area contributed by atoms with E-state index in [-0.39, 0.29) is 12.2 Å². The second-order valence-corrected chi connectivity index (χ2v) is 6.09. The van der Waals surface area contributed by atoms with Crippen LogP contribution in [0.3, 0.4) is 0 Å². The van der Waals surface area contributed by atoms with Crippen LogP contribution in [0.1, 0.15) is 32.8 Å². The highest BCUT2D eigenvalue weighted by atomic mass is 16.6. The Labute approximate surface area is 123 Å². The number of amides is 2. The zero-order chi connectivity index (χ0) is 15.6. The summed E-state index contributed by atoms with van der Waals surface area (Å²) in [7, 11) is 0. The number of Topliss-reactive ketones (excluding diaryl/α,β-unsaturated/α-hetero) is 1. The summed E-state index contributed by atoms with van der Waals surface area (Å²) in [4.78, 5) is 37.0. The molecule has 1 fully saturated rings. The zero-order valence-electron chi connectivity index (χ0n) is 12.5. The Hall–Kier alpha value is -2.17. The van der Waals surface area contributed by atoms with E-state index in [1.54, 1.807) is 20.8 Å². The fraction of sp³-hybridized carbons (Fsp3) is 0.438. The largest absolute Gasteiger partial charge is 0.443 e. The Balaban J connectivity index is 2.19. The lowest BCUT2D eigenvalue weighted by molar-refractivity contribution is -0.128. The van der Waals surface area contributed by atoms with E-state index in [4.69, 9.17) is 4.74 Å². The number of hydrogen-bond donors (Lipinski definition) is 0. The first kappa shape index (κ1) is 15.2. The fourth-order valence-electron chi connectivity index (χ4n) is 2.25. The Morgan fingerprint density at radius 1 is 1.24 bits per heavy atom. The minimum atomic E-state index is -0.769. The molecule has 1 atom stereocenters. The lowest BCUT2D eigenvalue weighted by atomic mass is 10.0. The van der Waals surface area contributed by atoms with E-state index < -0.39 is 23.6 Å². The van der Waals surface area contributed by atoms with E-state index in [0.717, 1.165) is 10.5 Å². The molecule has 1 aliphatic heterocycles. The molecule has 1 heterocycles. The van der Waals surface area contributed by atoms with E-state index in [0.29, 0.717) is 6.42 Å². The van der Waals surface area contributed by atoms with Gasteiger partial charge in [0.2, 0.25) is 5.91 Å². The third-order valence-corrected chi connectivity index (χ3v) is 3.14. The molecule has 0 saturated carbocycles. The van der Waals surface area contributed by atoms with Gasteiger partial charge in [-0.3, -0.25) is 9.59 Å². The number of carbonyl (C=O) groups is 3. The molecule has 0 aliphatic carbocycles. The van der Waals surface area contributed by atoms with Crippen molar-refractivity contribution in [3.8, 4) is 0 Å². The summed E-state index contributed by atoms with van der Waals surface area (Å²) in [6.07, 6.45) is -0.666. The molecular weight excluding hydrogens is 270 g/mol. The van der Waals surface area contributed by atoms with Crippen molar-refractivity contribution in [1.82, 2.24) is 4.90 Å². The zero-order valence-corrected chi connectivity index (χ0v) is 12.5. The molecule has 1 aromatic rings. The van der Waals surface area contributed by atoms with E-state index >= 15 is 0 Å². The maximum absolute atomic E-state index is 12.1. The molecule has 0 radical (unpaired) electrons. The summed E-state index contributed by atoms with van der Waals surface area (Å²) in [6, 6.07) is 8.54. The fourth-order valence-corrected chi connectivity index (χ4v) is 2.25. The van der Waals surface area contributed by atoms with Crippen LogP contribution >= 0.6 is 0 Å². The number of imide groups is 1. The number of rotatable bonds is 2. The van der Waals surface area contributed by atoms with Gasteiger partial charge >= 0.3 is 6.09 Å². The molecule has 1 saturated heterocycles. The van der Waals surface area contributed by atoms with Gasteiger partial charge in [-0.15, -0.1) is 0 Å². The molecule has 5 heteroatoms. The maximum atomic E-state index is 12.1. The first-order valence-corrected chi connectivity index (χ1v) is 6.89. The van der Waals surface area contributed by atoms with Gasteiger partial charge in [0, 0.05) is 6.42 Å². The van der Waals surface area contributed by atoms with Crippen LogP contribution in [0.15, 0.2) is 30.3 Å². The van der Waals surface area contributed by atoms with Crippen molar-refractivity contribution < 1.29 is 19.1 Å². The highest BCUT2D eigenvalue weighted by molar-refractivity contribution is 6.13. The van der Waals surface area contributed by atoms with Crippen molar-refractivity contribution in [2.24, 2.45) is 0 Å². The molecule has 2 amide bonds. The maximum Gasteiger partial charge on any atom is 0.417 e. The highest BCUT2D eigenvalue weighted by Gasteiger charge is 2.44. The topological polar surface area (TPSA) is 63.7 Å². The van der Waals surface area contributed by atoms with Gasteiger partial charge in [-0.05, 0) is 26.3 Å². The molecule has 112 valence electrons. The number of nitrogens with zero attached hydrogens (tertiary/aromatic N) is 1. The number of hydrogen-bond acceptors (Lipinski definition) is 4. The van der Waals surface area contributed by atoms with E-state index in [9.17, 15) is 14.4 Å². The van der Waals surface area contributed by atoms with Crippen LogP contribution in [0.25, 0.3) is 0 Å². The van der Waals surface area contributed by atoms with Gasteiger partial charge in [-0.25, -0.2) is 9.69 Å². The second-order valence-electron chi connectivity index (χ2n) is 6.09. The molecular formula is C16H19NO4. The van der Waals surface area contributed by atoms with E-state index in [1.807, 2.05) is 30.3 Å². The molecule has 0 N–H and O–H groups in total. The third kappa shape index (κ3) is 3.68. The van der Waals surface area contributed by atoms with Crippen LogP contribution in [0, 0.1) is 0 Å². The lowest BCUT2D eigenvalue weighted by Gasteiger charge is -2.26. The van der Waals surface area contributed by atoms with Gasteiger partial charge in [0.1, 0.15) is 11.6 Å². The first-order valence-electron chi connectivity index (χ1n) is 6.89. The molecule has 21 heavy (non-hydrogen) atoms. The van der Waals surface area contributed by atoms with E-state index in [2.05, 4.69) is 0 Å². The molecule has 1 aromatic carbocycles. The standard InChI is InChI=1S/C16H19NO4/c1-16(2,3)21-15(20)17-12(13(18)10-14(17)19)9-11-7-5-4-6-8-11/h4-8,12H,9-10H2,1-3H3/t12-/m0/s1. The van der Waals surface area contributed by atoms with Crippen LogP contribution < -0.4 is 0 Å². The predicted molar refractivity (Wildman–Crippen MR) is 76.6 cm³/mol. The number of ketones is 1. The van der Waals surface area contributed by atoms with Crippen LogP contribution in [-0.2, 0) is 20.7 Å². The molecule has 1 aliphatic rings. The summed E-state index contributed by atoms with van der Waals surface area (Å²) in [5.74, 6) is -0.732. The summed E-state index contributed by atoms with van der Waals surface area (Å²) < 4.78 is 5.22. The number of likely N-dealkylation sites (tertiary alicyclic amines) is 1. The Morgan fingerprint density at radius 2 is 1.86 bits per heavy atom. The third-order valence-electron chi connectivity index (χ3n) is 3.14. The second kappa shape index (κ2) is 5.68. The minimum Gasteiger partial charge on any atom is -0.443 e. The van der Waals surface area contributed by atoms with Crippen molar-refractivity contribution in [2.45, 2.75) is 45.3 Å². The predicted octanol–water partition coefficient (Wildman–Crippen LogP) is 2.33. The van der Waals surface area contributed by atoms with Crippen molar-refractivity contribution >= 4 is 17.8 Å². The van der Waals surface area contributed by atoms with Crippen molar-refractivity contribution in [3.63, 3.8) is 0 Å². The Bertz CT molecular complexity index is 559. The van der Waals surface area contributed by atoms with Crippen LogP contribution in [0.2, 0.25) is 0 Å². The van der Waals surface area contributed by atoms with Gasteiger partial charge in [0.25, 0.3) is 0 Å². The van der Waals surface area contributed by atoms with Crippen molar-refractivity contribution in [1.29, 1.82) is 0 Å². The number of benzene rings is 1. The van der Waals surface area contributed by atoms with Gasteiger partial charge in [0.05, 0.1) is 6.42 Å². The van der Waals surface area contributed by atoms with Crippen molar-refractivity contribution in [2.75, 3.05) is 0 Å². The van der Waals surface area contributed by atoms with Crippen LogP contribution in [-0.4, -0.2) is 34.3 Å². The smallest absolute Gasteiger partial charge is 0.417 e. The molecule has 5 nitrogen and oxygen atoms in total. The highest BCUT2D eigenvalue weighted by Crippen LogP contribution is 2.22. The molecule has 2 rings (SSSR count). The van der Waals surface area contributed by atoms with Crippen LogP contribution in [0.4, 0.5) is 4.79 Å². The Morgan fingerprint density at radius 3 is 2.43 bits per heavy atom. The summed E-state index contributed by atoms with van der Waals surface area (Å²) in [5.41, 5.74) is 0.194. The van der Waals surface area contributed by atoms with Gasteiger partial charge in [-0.2, -0.15) is 0 Å². The average molecular weight is 289 g/mol. The van der Waals surface area contributed by atoms with E-state index in [1.165, 1.54) is 0 Å². The number of ether oxygens (including phenoxy) is 1. The first-order chi connectivity index (χ1) is 9.78. The van der Waals surface area contributed by atoms with Gasteiger partial charge in [0.15, 0.2) is 5.78 Å². The quantitative estimate of drug-likeness (QED) is 0.784. The van der Waals surface area contributed by atoms with Gasteiger partial charge in [-0.1, -0.05) is 30.3 Å². The SMILES string of the molecule is CC(C)(C)OC(=O)N1C(=O)CC(=O)[C@@H]1Cc1ccccc1.